The summed E-state index contributed by atoms with van der Waals surface area (Å²) in [6.07, 6.45) is 0. The van der Waals surface area contributed by atoms with Crippen molar-refractivity contribution in [3.05, 3.63) is 0 Å². The molecule has 12 nitrogen and oxygen atoms in total. The fourth-order valence-electron chi connectivity index (χ4n) is 0. The molecular weight excluding hydrogens is 368 g/mol. The molecule has 0 saturated heterocycles. The van der Waals surface area contributed by atoms with Gasteiger partial charge in [-0.1, -0.05) is 0 Å². The molecule has 0 N–H and O–H groups in total. The van der Waals surface area contributed by atoms with Crippen LogP contribution in [0.25, 0.3) is 0 Å². The molecule has 13 heteroatoms. The summed E-state index contributed by atoms with van der Waals surface area (Å²) in [5, 5.41) is 87.2. The number of rotatable bonds is 0. The summed E-state index contributed by atoms with van der Waals surface area (Å²) in [7, 11) is 0. The van der Waals surface area contributed by atoms with Gasteiger partial charge >= 0.3 is 0 Å². The number of hydrogen-bond acceptors (Lipinski definition) is 12. The second kappa shape index (κ2) is 136. The van der Waals surface area contributed by atoms with Crippen LogP contribution in [0.2, 0.25) is 0 Å². The van der Waals surface area contributed by atoms with E-state index in [2.05, 4.69) is 0 Å². The van der Waals surface area contributed by atoms with Crippen LogP contribution in [-0.2, 0) is 17.1 Å². The van der Waals surface area contributed by atoms with Gasteiger partial charge in [-0.3, -0.25) is 0 Å². The Morgan fingerprint density at radius 2 is 0.240 bits per heavy atom. The summed E-state index contributed by atoms with van der Waals surface area (Å²) in [5.41, 5.74) is 0. The van der Waals surface area contributed by atoms with Gasteiger partial charge in [-0.05, 0) is 0 Å². The van der Waals surface area contributed by atoms with Crippen LogP contribution in [0.3, 0.4) is 0 Å². The largest absolute Gasteiger partial charge is 0.181 e. The normalized spacial score (nSPS) is 2.40. The minimum atomic E-state index is 0. The zero-order chi connectivity index (χ0) is 20.5. The van der Waals surface area contributed by atoms with E-state index in [1.807, 2.05) is 0 Å². The minimum absolute atomic E-state index is 0. The smallest absolute Gasteiger partial charge is 0.181 e. The van der Waals surface area contributed by atoms with Crippen molar-refractivity contribution in [2.45, 2.75) is 0 Å². The van der Waals surface area contributed by atoms with E-state index in [1.54, 1.807) is 0 Å². The summed E-state index contributed by atoms with van der Waals surface area (Å²) in [6.45, 7) is 0. The first-order valence-electron chi connectivity index (χ1n) is 4.18. The van der Waals surface area contributed by atoms with Gasteiger partial charge in [-0.25, -0.2) is 0 Å². The Bertz CT molecular complexity index is 546. The van der Waals surface area contributed by atoms with Gasteiger partial charge in [0.15, 0.2) is 72.8 Å². The molecule has 0 amide bonds. The Morgan fingerprint density at radius 1 is 0.200 bits per heavy atom. The maximum Gasteiger partial charge on any atom is 0.181 e. The molecule has 0 bridgehead atoms. The molecule has 0 fully saturated rings. The molecule has 0 radical (unpaired) electrons. The number of nitriles is 12. The molecule has 0 aliphatic carbocycles. The van der Waals surface area contributed by atoms with Crippen molar-refractivity contribution in [2.24, 2.45) is 0 Å². The summed E-state index contributed by atoms with van der Waals surface area (Å²) in [5.74, 6) is 0. The topological polar surface area (TPSA) is 285 Å². The van der Waals surface area contributed by atoms with Crippen LogP contribution in [0.4, 0.5) is 0 Å². The average Bonchev–Trinajstić information content (AvgIpc) is 2.68. The van der Waals surface area contributed by atoms with E-state index in [0.717, 1.165) is 0 Å². The molecule has 0 aliphatic rings. The second-order valence-corrected chi connectivity index (χ2v) is 1.34. The van der Waals surface area contributed by atoms with Crippen LogP contribution >= 0.6 is 0 Å². The van der Waals surface area contributed by atoms with Gasteiger partial charge in [0.1, 0.15) is 0 Å². The molecule has 116 valence electrons. The fraction of sp³-hybridized carbons (Fsp3) is 0. The van der Waals surface area contributed by atoms with Crippen LogP contribution in [0.15, 0.2) is 0 Å². The van der Waals surface area contributed by atoms with Crippen molar-refractivity contribution in [1.82, 2.24) is 0 Å². The Hall–Kier alpha value is -5.60. The molecule has 25 heavy (non-hydrogen) atoms. The van der Waals surface area contributed by atoms with E-state index in [9.17, 15) is 0 Å². The summed E-state index contributed by atoms with van der Waals surface area (Å²) >= 11 is 0. The molecule has 0 heterocycles. The molecule has 0 saturated carbocycles. The van der Waals surface area contributed by atoms with E-state index in [1.165, 1.54) is 72.8 Å². The van der Waals surface area contributed by atoms with Crippen LogP contribution in [0.1, 0.15) is 0 Å². The first kappa shape index (κ1) is 42.7. The van der Waals surface area contributed by atoms with Crippen LogP contribution in [-0.4, -0.2) is 0 Å². The predicted molar refractivity (Wildman–Crippen MR) is 67.4 cm³/mol. The average molecular weight is 368 g/mol. The summed E-state index contributed by atoms with van der Waals surface area (Å²) in [4.78, 5) is 0. The Kier molecular flexibility index (Phi) is 232. The van der Waals surface area contributed by atoms with Gasteiger partial charge in [0.2, 0.25) is 0 Å². The van der Waals surface area contributed by atoms with Crippen molar-refractivity contribution in [2.75, 3.05) is 0 Å². The van der Waals surface area contributed by atoms with Gasteiger partial charge in [0, 0.05) is 17.1 Å². The van der Waals surface area contributed by atoms with Crippen molar-refractivity contribution in [3.63, 3.8) is 0 Å². The zero-order valence-corrected chi connectivity index (χ0v) is 12.8. The third kappa shape index (κ3) is 31000. The first-order chi connectivity index (χ1) is 11.5. The first-order valence-corrected chi connectivity index (χ1v) is 4.18. The maximum absolute atomic E-state index is 7.26. The standard InChI is InChI=1S/6C2N2.Fe/c6*3-1-2-4;. The summed E-state index contributed by atoms with van der Waals surface area (Å²) in [6, 6.07) is 14.8. The molecule has 0 unspecified atom stereocenters. The molecule has 0 rings (SSSR count). The third-order valence-electron chi connectivity index (χ3n) is 0.300. The molecule has 0 atom stereocenters. The monoisotopic (exact) mass is 368 g/mol. The Balaban J connectivity index is -0.0000000309. The van der Waals surface area contributed by atoms with E-state index < -0.39 is 0 Å². The van der Waals surface area contributed by atoms with Crippen LogP contribution < -0.4 is 0 Å². The van der Waals surface area contributed by atoms with Gasteiger partial charge in [0.05, 0.1) is 0 Å². The second-order valence-electron chi connectivity index (χ2n) is 1.34. The van der Waals surface area contributed by atoms with Crippen molar-refractivity contribution < 1.29 is 17.1 Å². The minimum Gasteiger partial charge on any atom is -0.181 e. The predicted octanol–water partition coefficient (Wildman–Crippen LogP) is 0.199. The third-order valence-corrected chi connectivity index (χ3v) is 0.300. The van der Waals surface area contributed by atoms with Crippen molar-refractivity contribution >= 4 is 0 Å². The number of nitrogens with zero attached hydrogens (tertiary/aromatic N) is 12. The van der Waals surface area contributed by atoms with Crippen molar-refractivity contribution in [1.29, 1.82) is 63.1 Å². The molecule has 0 aromatic carbocycles. The van der Waals surface area contributed by atoms with Gasteiger partial charge in [-0.2, -0.15) is 63.1 Å². The zero-order valence-electron chi connectivity index (χ0n) is 11.7. The summed E-state index contributed by atoms with van der Waals surface area (Å²) < 4.78 is 0. The van der Waals surface area contributed by atoms with E-state index in [0.29, 0.717) is 0 Å². The SMILES string of the molecule is N#CC#N.N#CC#N.N#CC#N.N#CC#N.N#CC#N.N#CC#N.[Fe]. The van der Waals surface area contributed by atoms with Gasteiger partial charge < -0.3 is 0 Å². The van der Waals surface area contributed by atoms with Gasteiger partial charge in [0.25, 0.3) is 0 Å². The van der Waals surface area contributed by atoms with E-state index >= 15 is 0 Å². The molecule has 0 aromatic rings. The fourth-order valence-corrected chi connectivity index (χ4v) is 0. The van der Waals surface area contributed by atoms with Crippen molar-refractivity contribution in [3.8, 4) is 72.8 Å². The maximum atomic E-state index is 7.26. The Labute approximate surface area is 153 Å². The van der Waals surface area contributed by atoms with E-state index in [-0.39, 0.29) is 17.1 Å². The Morgan fingerprint density at radius 3 is 0.240 bits per heavy atom. The van der Waals surface area contributed by atoms with Crippen LogP contribution in [0.5, 0.6) is 0 Å². The van der Waals surface area contributed by atoms with E-state index in [4.69, 9.17) is 63.1 Å². The molecule has 0 spiro atoms. The quantitative estimate of drug-likeness (QED) is 0.517. The molecule has 0 aliphatic heterocycles. The number of hydrogen-bond donors (Lipinski definition) is 0. The van der Waals surface area contributed by atoms with Gasteiger partial charge in [-0.15, -0.1) is 0 Å². The molecule has 0 aromatic heterocycles. The van der Waals surface area contributed by atoms with Crippen LogP contribution in [0, 0.1) is 136 Å². The molecular formula is C12FeN12.